The summed E-state index contributed by atoms with van der Waals surface area (Å²) in [6.45, 7) is 0. The van der Waals surface area contributed by atoms with Crippen LogP contribution in [0.15, 0.2) is 59.1 Å². The minimum atomic E-state index is -4.50. The minimum Gasteiger partial charge on any atom is -0.333 e. The molecule has 0 aliphatic rings. The van der Waals surface area contributed by atoms with E-state index in [4.69, 9.17) is 27.7 Å². The maximum Gasteiger partial charge on any atom is 0.426 e. The van der Waals surface area contributed by atoms with E-state index < -0.39 is 11.1 Å². The molecule has 28 heavy (non-hydrogen) atoms. The van der Waals surface area contributed by atoms with Gasteiger partial charge in [0.05, 0.1) is 9.90 Å². The molecule has 0 spiro atoms. The van der Waals surface area contributed by atoms with Crippen molar-refractivity contribution in [3.05, 3.63) is 69.5 Å². The Bertz CT molecular complexity index is 1140. The molecule has 0 saturated heterocycles. The predicted octanol–water partition coefficient (Wildman–Crippen LogP) is 7.46. The lowest BCUT2D eigenvalue weighted by molar-refractivity contribution is -0.133. The van der Waals surface area contributed by atoms with Crippen molar-refractivity contribution in [1.29, 1.82) is 0 Å². The topological polar surface area (TPSA) is 38.9 Å². The highest BCUT2D eigenvalue weighted by Gasteiger charge is 2.37. The largest absolute Gasteiger partial charge is 0.426 e. The number of aromatic nitrogens is 2. The van der Waals surface area contributed by atoms with Crippen LogP contribution in [-0.4, -0.2) is 10.1 Å². The lowest BCUT2D eigenvalue weighted by Crippen LogP contribution is -2.03. The fourth-order valence-corrected chi connectivity index (χ4v) is 4.11. The Kier molecular flexibility index (Phi) is 4.91. The minimum absolute atomic E-state index is 0.0151. The third-order valence-corrected chi connectivity index (χ3v) is 5.60. The van der Waals surface area contributed by atoms with Crippen LogP contribution >= 0.6 is 34.5 Å². The van der Waals surface area contributed by atoms with Crippen LogP contribution in [0.3, 0.4) is 0 Å². The average molecular weight is 441 g/mol. The lowest BCUT2D eigenvalue weighted by Gasteiger charge is -2.07. The van der Waals surface area contributed by atoms with Gasteiger partial charge in [-0.15, -0.1) is 11.3 Å². The number of thiophene rings is 1. The van der Waals surface area contributed by atoms with Crippen LogP contribution in [0.5, 0.6) is 0 Å². The normalized spacial score (nSPS) is 11.8. The van der Waals surface area contributed by atoms with Crippen molar-refractivity contribution in [2.75, 3.05) is 0 Å². The van der Waals surface area contributed by atoms with E-state index >= 15 is 0 Å². The van der Waals surface area contributed by atoms with Gasteiger partial charge >= 0.3 is 6.18 Å². The summed E-state index contributed by atoms with van der Waals surface area (Å²) >= 11 is 12.6. The van der Waals surface area contributed by atoms with Gasteiger partial charge in [-0.2, -0.15) is 18.2 Å². The second-order valence-electron chi connectivity index (χ2n) is 5.76. The fourth-order valence-electron chi connectivity index (χ4n) is 2.64. The molecule has 2 heterocycles. The number of alkyl halides is 3. The summed E-state index contributed by atoms with van der Waals surface area (Å²) in [4.78, 5) is 3.70. The van der Waals surface area contributed by atoms with Crippen molar-refractivity contribution >= 4 is 34.5 Å². The summed E-state index contributed by atoms with van der Waals surface area (Å²) < 4.78 is 45.8. The van der Waals surface area contributed by atoms with Crippen LogP contribution in [0.25, 0.3) is 33.3 Å². The molecule has 0 N–H and O–H groups in total. The molecule has 0 aliphatic heterocycles. The quantitative estimate of drug-likeness (QED) is 0.331. The van der Waals surface area contributed by atoms with Gasteiger partial charge in [-0.3, -0.25) is 0 Å². The molecule has 0 bridgehead atoms. The van der Waals surface area contributed by atoms with Gasteiger partial charge in [-0.25, -0.2) is 0 Å². The molecular weight excluding hydrogens is 432 g/mol. The summed E-state index contributed by atoms with van der Waals surface area (Å²) in [6.07, 6.45) is -4.50. The molecule has 0 unspecified atom stereocenters. The molecule has 0 amide bonds. The van der Waals surface area contributed by atoms with Crippen molar-refractivity contribution in [2.45, 2.75) is 6.18 Å². The third kappa shape index (κ3) is 3.65. The van der Waals surface area contributed by atoms with Crippen molar-refractivity contribution in [3.63, 3.8) is 0 Å². The first kappa shape index (κ1) is 19.0. The standard InChI is InChI=1S/C19H9Cl2F3N2OS/c20-11-6-7-12(14(21)8-11)17-25-18(27-26-17)15-9-13(10-4-2-1-3-5-10)16(28-15)19(22,23)24/h1-9H. The van der Waals surface area contributed by atoms with E-state index in [1.807, 2.05) is 0 Å². The van der Waals surface area contributed by atoms with Gasteiger partial charge in [-0.05, 0) is 29.8 Å². The maximum absolute atomic E-state index is 13.5. The fraction of sp³-hybridized carbons (Fsp3) is 0.0526. The molecule has 9 heteroatoms. The molecule has 142 valence electrons. The highest BCUT2D eigenvalue weighted by atomic mass is 35.5. The first-order valence-corrected chi connectivity index (χ1v) is 9.46. The predicted molar refractivity (Wildman–Crippen MR) is 104 cm³/mol. The molecule has 2 aromatic heterocycles. The average Bonchev–Trinajstić information content (AvgIpc) is 3.29. The van der Waals surface area contributed by atoms with E-state index in [9.17, 15) is 13.2 Å². The molecule has 4 rings (SSSR count). The molecule has 4 aromatic rings. The van der Waals surface area contributed by atoms with Crippen LogP contribution in [0.2, 0.25) is 10.0 Å². The molecule has 0 aliphatic carbocycles. The number of halogens is 5. The first-order chi connectivity index (χ1) is 13.3. The SMILES string of the molecule is FC(F)(F)c1sc(-c2nc(-c3ccc(Cl)cc3Cl)no2)cc1-c1ccccc1. The van der Waals surface area contributed by atoms with Crippen molar-refractivity contribution in [2.24, 2.45) is 0 Å². The second kappa shape index (κ2) is 7.24. The van der Waals surface area contributed by atoms with E-state index in [-0.39, 0.29) is 22.2 Å². The monoisotopic (exact) mass is 440 g/mol. The number of nitrogens with zero attached hydrogens (tertiary/aromatic N) is 2. The zero-order valence-electron chi connectivity index (χ0n) is 13.8. The number of hydrogen-bond acceptors (Lipinski definition) is 4. The Balaban J connectivity index is 1.78. The van der Waals surface area contributed by atoms with E-state index in [0.717, 1.165) is 0 Å². The van der Waals surface area contributed by atoms with Gasteiger partial charge in [0, 0.05) is 16.1 Å². The van der Waals surface area contributed by atoms with Crippen LogP contribution in [0.4, 0.5) is 13.2 Å². The summed E-state index contributed by atoms with van der Waals surface area (Å²) in [5, 5.41) is 4.59. The Morgan fingerprint density at radius 2 is 1.68 bits per heavy atom. The number of rotatable bonds is 3. The summed E-state index contributed by atoms with van der Waals surface area (Å²) in [6, 6.07) is 14.5. The zero-order chi connectivity index (χ0) is 19.9. The van der Waals surface area contributed by atoms with E-state index in [2.05, 4.69) is 10.1 Å². The lowest BCUT2D eigenvalue weighted by atomic mass is 10.1. The van der Waals surface area contributed by atoms with Gasteiger partial charge in [0.25, 0.3) is 5.89 Å². The van der Waals surface area contributed by atoms with E-state index in [1.54, 1.807) is 42.5 Å². The van der Waals surface area contributed by atoms with Gasteiger partial charge in [0.1, 0.15) is 4.88 Å². The summed E-state index contributed by atoms with van der Waals surface area (Å²) in [5.74, 6) is 0.151. The summed E-state index contributed by atoms with van der Waals surface area (Å²) in [5.41, 5.74) is 0.993. The Morgan fingerprint density at radius 1 is 0.929 bits per heavy atom. The number of hydrogen-bond donors (Lipinski definition) is 0. The smallest absolute Gasteiger partial charge is 0.333 e. The zero-order valence-corrected chi connectivity index (χ0v) is 16.1. The number of benzene rings is 2. The van der Waals surface area contributed by atoms with E-state index in [1.165, 1.54) is 12.1 Å². The van der Waals surface area contributed by atoms with Gasteiger partial charge in [0.2, 0.25) is 5.82 Å². The molecular formula is C19H9Cl2F3N2OS. The van der Waals surface area contributed by atoms with Crippen molar-refractivity contribution < 1.29 is 17.7 Å². The van der Waals surface area contributed by atoms with Crippen molar-refractivity contribution in [1.82, 2.24) is 10.1 Å². The van der Waals surface area contributed by atoms with Crippen LogP contribution < -0.4 is 0 Å². The molecule has 0 saturated carbocycles. The Labute approximate surface area is 171 Å². The third-order valence-electron chi connectivity index (χ3n) is 3.88. The van der Waals surface area contributed by atoms with Gasteiger partial charge in [0.15, 0.2) is 0 Å². The highest BCUT2D eigenvalue weighted by Crippen LogP contribution is 2.45. The van der Waals surface area contributed by atoms with Gasteiger partial charge in [-0.1, -0.05) is 58.7 Å². The summed E-state index contributed by atoms with van der Waals surface area (Å²) in [7, 11) is 0. The Morgan fingerprint density at radius 3 is 2.36 bits per heavy atom. The van der Waals surface area contributed by atoms with E-state index in [0.29, 0.717) is 32.5 Å². The van der Waals surface area contributed by atoms with Crippen LogP contribution in [0, 0.1) is 0 Å². The maximum atomic E-state index is 13.5. The molecule has 3 nitrogen and oxygen atoms in total. The second-order valence-corrected chi connectivity index (χ2v) is 7.66. The van der Waals surface area contributed by atoms with Crippen LogP contribution in [-0.2, 0) is 6.18 Å². The molecule has 0 radical (unpaired) electrons. The Hall–Kier alpha value is -2.35. The first-order valence-electron chi connectivity index (χ1n) is 7.89. The molecule has 2 aromatic carbocycles. The molecule has 0 fully saturated rings. The van der Waals surface area contributed by atoms with Gasteiger partial charge < -0.3 is 4.52 Å². The highest BCUT2D eigenvalue weighted by molar-refractivity contribution is 7.16. The van der Waals surface area contributed by atoms with Crippen LogP contribution in [0.1, 0.15) is 4.88 Å². The van der Waals surface area contributed by atoms with Crippen molar-refractivity contribution in [3.8, 4) is 33.3 Å². The molecule has 0 atom stereocenters.